The predicted molar refractivity (Wildman–Crippen MR) is 97.2 cm³/mol. The molecule has 1 aliphatic rings. The van der Waals surface area contributed by atoms with E-state index in [1.807, 2.05) is 17.5 Å². The molecule has 1 unspecified atom stereocenters. The lowest BCUT2D eigenvalue weighted by Crippen LogP contribution is -2.41. The molecule has 4 heterocycles. The number of thiophene rings is 1. The van der Waals surface area contributed by atoms with Crippen LogP contribution < -0.4 is 5.56 Å². The normalized spacial score (nSPS) is 17.4. The molecule has 0 aromatic carbocycles. The quantitative estimate of drug-likeness (QED) is 0.708. The minimum Gasteiger partial charge on any atom is -0.420 e. The Morgan fingerprint density at radius 3 is 3.00 bits per heavy atom. The Morgan fingerprint density at radius 1 is 1.31 bits per heavy atom. The molecule has 0 bridgehead atoms. The van der Waals surface area contributed by atoms with Crippen LogP contribution >= 0.6 is 11.3 Å². The van der Waals surface area contributed by atoms with Gasteiger partial charge in [-0.1, -0.05) is 6.07 Å². The molecule has 134 valence electrons. The number of carbonyl (C=O) groups excluding carboxylic acids is 1. The van der Waals surface area contributed by atoms with E-state index >= 15 is 0 Å². The smallest absolute Gasteiger partial charge is 0.263 e. The minimum atomic E-state index is -0.280. The topological polar surface area (TPSA) is 81.2 Å². The molecule has 3 aromatic heterocycles. The summed E-state index contributed by atoms with van der Waals surface area (Å²) < 4.78 is 7.25. The molecular weight excluding hydrogens is 352 g/mol. The fraction of sp³-hybridized carbons (Fsp3) is 0.333. The van der Waals surface area contributed by atoms with Crippen molar-refractivity contribution < 1.29 is 9.21 Å². The van der Waals surface area contributed by atoms with Gasteiger partial charge in [0.25, 0.3) is 17.4 Å². The van der Waals surface area contributed by atoms with Crippen molar-refractivity contribution in [2.45, 2.75) is 18.8 Å². The number of piperidine rings is 1. The van der Waals surface area contributed by atoms with Gasteiger partial charge in [-0.2, -0.15) is 0 Å². The van der Waals surface area contributed by atoms with Gasteiger partial charge in [-0.25, -0.2) is 0 Å². The molecule has 0 spiro atoms. The summed E-state index contributed by atoms with van der Waals surface area (Å²) in [6.07, 6.45) is 3.35. The van der Waals surface area contributed by atoms with Gasteiger partial charge in [-0.3, -0.25) is 9.59 Å². The van der Waals surface area contributed by atoms with Crippen molar-refractivity contribution in [3.8, 4) is 10.8 Å². The van der Waals surface area contributed by atoms with Gasteiger partial charge in [0.1, 0.15) is 5.56 Å². The summed E-state index contributed by atoms with van der Waals surface area (Å²) >= 11 is 1.54. The Balaban J connectivity index is 1.53. The molecule has 0 saturated carbocycles. The summed E-state index contributed by atoms with van der Waals surface area (Å²) in [5, 5.41) is 10.3. The van der Waals surface area contributed by atoms with E-state index < -0.39 is 0 Å². The van der Waals surface area contributed by atoms with Crippen LogP contribution in [0.3, 0.4) is 0 Å². The standard InChI is InChI=1S/C18H18N4O3S/c1-21-8-3-6-13(17(21)23)18(24)22-9-2-5-12(11-22)15-19-20-16(25-15)14-7-4-10-26-14/h3-4,6-8,10,12H,2,5,9,11H2,1H3. The maximum Gasteiger partial charge on any atom is 0.263 e. The second-order valence-electron chi connectivity index (χ2n) is 6.35. The third kappa shape index (κ3) is 3.08. The van der Waals surface area contributed by atoms with Gasteiger partial charge in [0, 0.05) is 26.3 Å². The average Bonchev–Trinajstić information content (AvgIpc) is 3.35. The Hall–Kier alpha value is -2.74. The van der Waals surface area contributed by atoms with E-state index in [2.05, 4.69) is 10.2 Å². The molecule has 1 fully saturated rings. The number of nitrogens with zero attached hydrogens (tertiary/aromatic N) is 4. The van der Waals surface area contributed by atoms with E-state index in [1.165, 1.54) is 4.57 Å². The van der Waals surface area contributed by atoms with Crippen molar-refractivity contribution >= 4 is 17.2 Å². The molecule has 0 N–H and O–H groups in total. The van der Waals surface area contributed by atoms with Crippen LogP contribution in [0.1, 0.15) is 35.0 Å². The van der Waals surface area contributed by atoms with Gasteiger partial charge in [0.15, 0.2) is 0 Å². The Morgan fingerprint density at radius 2 is 2.19 bits per heavy atom. The lowest BCUT2D eigenvalue weighted by molar-refractivity contribution is 0.0696. The number of aromatic nitrogens is 3. The largest absolute Gasteiger partial charge is 0.420 e. The molecule has 0 aliphatic carbocycles. The number of hydrogen-bond acceptors (Lipinski definition) is 6. The fourth-order valence-electron chi connectivity index (χ4n) is 3.19. The monoisotopic (exact) mass is 370 g/mol. The van der Waals surface area contributed by atoms with Crippen molar-refractivity contribution in [3.05, 3.63) is 57.7 Å². The van der Waals surface area contributed by atoms with Gasteiger partial charge >= 0.3 is 0 Å². The average molecular weight is 370 g/mol. The summed E-state index contributed by atoms with van der Waals surface area (Å²) in [4.78, 5) is 27.6. The van der Waals surface area contributed by atoms with E-state index in [0.29, 0.717) is 24.9 Å². The molecule has 7 nitrogen and oxygen atoms in total. The van der Waals surface area contributed by atoms with E-state index in [9.17, 15) is 9.59 Å². The number of likely N-dealkylation sites (tertiary alicyclic amines) is 1. The maximum atomic E-state index is 12.8. The molecule has 1 saturated heterocycles. The van der Waals surface area contributed by atoms with Crippen LogP contribution in [0.25, 0.3) is 10.8 Å². The van der Waals surface area contributed by atoms with Crippen molar-refractivity contribution in [2.75, 3.05) is 13.1 Å². The Kier molecular flexibility index (Phi) is 4.42. The third-order valence-electron chi connectivity index (χ3n) is 4.58. The highest BCUT2D eigenvalue weighted by atomic mass is 32.1. The number of pyridine rings is 1. The second-order valence-corrected chi connectivity index (χ2v) is 7.30. The zero-order chi connectivity index (χ0) is 18.1. The number of amides is 1. The lowest BCUT2D eigenvalue weighted by atomic mass is 9.97. The zero-order valence-corrected chi connectivity index (χ0v) is 15.1. The van der Waals surface area contributed by atoms with Crippen molar-refractivity contribution in [2.24, 2.45) is 7.05 Å². The van der Waals surface area contributed by atoms with Gasteiger partial charge in [0.05, 0.1) is 10.8 Å². The first-order chi connectivity index (χ1) is 12.6. The van der Waals surface area contributed by atoms with E-state index in [0.717, 1.165) is 17.7 Å². The van der Waals surface area contributed by atoms with Crippen LogP contribution in [-0.2, 0) is 7.05 Å². The summed E-state index contributed by atoms with van der Waals surface area (Å²) in [6.45, 7) is 1.10. The number of rotatable bonds is 3. The highest BCUT2D eigenvalue weighted by Crippen LogP contribution is 2.30. The first kappa shape index (κ1) is 16.7. The molecular formula is C18H18N4O3S. The fourth-order valence-corrected chi connectivity index (χ4v) is 3.84. The van der Waals surface area contributed by atoms with Crippen LogP contribution in [0.5, 0.6) is 0 Å². The van der Waals surface area contributed by atoms with Gasteiger partial charge < -0.3 is 13.9 Å². The van der Waals surface area contributed by atoms with E-state index in [-0.39, 0.29) is 22.9 Å². The van der Waals surface area contributed by atoms with Crippen LogP contribution in [-0.4, -0.2) is 38.7 Å². The molecule has 26 heavy (non-hydrogen) atoms. The SMILES string of the molecule is Cn1cccc(C(=O)N2CCCC(c3nnc(-c4cccs4)o3)C2)c1=O. The highest BCUT2D eigenvalue weighted by molar-refractivity contribution is 7.13. The summed E-state index contributed by atoms with van der Waals surface area (Å²) in [5.41, 5.74) is -0.0853. The zero-order valence-electron chi connectivity index (χ0n) is 14.3. The summed E-state index contributed by atoms with van der Waals surface area (Å²) in [7, 11) is 1.64. The molecule has 3 aromatic rings. The molecule has 8 heteroatoms. The van der Waals surface area contributed by atoms with E-state index in [4.69, 9.17) is 4.42 Å². The first-order valence-electron chi connectivity index (χ1n) is 8.45. The number of aryl methyl sites for hydroxylation is 1. The van der Waals surface area contributed by atoms with Crippen LogP contribution in [0.4, 0.5) is 0 Å². The maximum absolute atomic E-state index is 12.8. The third-order valence-corrected chi connectivity index (χ3v) is 5.44. The van der Waals surface area contributed by atoms with Gasteiger partial charge in [-0.15, -0.1) is 21.5 Å². The van der Waals surface area contributed by atoms with Crippen LogP contribution in [0.15, 0.2) is 45.1 Å². The second kappa shape index (κ2) is 6.87. The number of carbonyl (C=O) groups is 1. The van der Waals surface area contributed by atoms with Gasteiger partial charge in [0.2, 0.25) is 5.89 Å². The van der Waals surface area contributed by atoms with Crippen molar-refractivity contribution in [1.29, 1.82) is 0 Å². The molecule has 1 aliphatic heterocycles. The van der Waals surface area contributed by atoms with Crippen molar-refractivity contribution in [1.82, 2.24) is 19.7 Å². The summed E-state index contributed by atoms with van der Waals surface area (Å²) in [6, 6.07) is 7.16. The summed E-state index contributed by atoms with van der Waals surface area (Å²) in [5.74, 6) is 0.803. The van der Waals surface area contributed by atoms with Crippen molar-refractivity contribution in [3.63, 3.8) is 0 Å². The van der Waals surface area contributed by atoms with Gasteiger partial charge in [-0.05, 0) is 36.4 Å². The predicted octanol–water partition coefficient (Wildman–Crippen LogP) is 2.52. The molecule has 1 amide bonds. The Bertz CT molecular complexity index is 976. The molecule has 4 rings (SSSR count). The highest BCUT2D eigenvalue weighted by Gasteiger charge is 2.30. The minimum absolute atomic E-state index is 0.0125. The Labute approximate surface area is 153 Å². The number of hydrogen-bond donors (Lipinski definition) is 0. The van der Waals surface area contributed by atoms with E-state index in [1.54, 1.807) is 41.6 Å². The molecule has 0 radical (unpaired) electrons. The lowest BCUT2D eigenvalue weighted by Gasteiger charge is -2.31. The molecule has 1 atom stereocenters. The van der Waals surface area contributed by atoms with Crippen LogP contribution in [0, 0.1) is 0 Å². The van der Waals surface area contributed by atoms with Crippen LogP contribution in [0.2, 0.25) is 0 Å². The first-order valence-corrected chi connectivity index (χ1v) is 9.33.